The molecule has 0 saturated carbocycles. The molecule has 0 radical (unpaired) electrons. The summed E-state index contributed by atoms with van der Waals surface area (Å²) in [5.74, 6) is 0.108. The zero-order valence-corrected chi connectivity index (χ0v) is 17.5. The van der Waals surface area contributed by atoms with Gasteiger partial charge in [-0.1, -0.05) is 42.5 Å². The van der Waals surface area contributed by atoms with E-state index in [1.165, 1.54) is 5.56 Å². The van der Waals surface area contributed by atoms with Gasteiger partial charge in [0.25, 0.3) is 0 Å². The van der Waals surface area contributed by atoms with Gasteiger partial charge in [0.15, 0.2) is 5.58 Å². The lowest BCUT2D eigenvalue weighted by atomic mass is 10.1. The molecule has 2 heterocycles. The number of hydrogen-bond donors (Lipinski definition) is 1. The molecule has 1 atom stereocenters. The number of nitrogens with zero attached hydrogens (tertiary/aromatic N) is 2. The first kappa shape index (κ1) is 20.0. The van der Waals surface area contributed by atoms with Crippen LogP contribution in [0.1, 0.15) is 12.0 Å². The summed E-state index contributed by atoms with van der Waals surface area (Å²) in [5.41, 5.74) is 4.25. The first-order valence-electron chi connectivity index (χ1n) is 10.7. The van der Waals surface area contributed by atoms with Gasteiger partial charge in [-0.25, -0.2) is 4.98 Å². The molecule has 1 unspecified atom stereocenters. The van der Waals surface area contributed by atoms with Crippen molar-refractivity contribution >= 4 is 28.6 Å². The van der Waals surface area contributed by atoms with Crippen LogP contribution in [-0.4, -0.2) is 34.8 Å². The summed E-state index contributed by atoms with van der Waals surface area (Å²) in [7, 11) is 0. The highest BCUT2D eigenvalue weighted by Crippen LogP contribution is 2.26. The Bertz CT molecular complexity index is 1220. The Hall–Kier alpha value is -3.93. The van der Waals surface area contributed by atoms with Crippen molar-refractivity contribution in [1.82, 2.24) is 9.88 Å². The first-order chi connectivity index (χ1) is 15.7. The van der Waals surface area contributed by atoms with Crippen LogP contribution in [0.5, 0.6) is 0 Å². The molecule has 6 nitrogen and oxygen atoms in total. The third-order valence-electron chi connectivity index (χ3n) is 5.79. The van der Waals surface area contributed by atoms with Crippen LogP contribution in [-0.2, 0) is 16.0 Å². The minimum Gasteiger partial charge on any atom is -0.436 e. The van der Waals surface area contributed by atoms with Crippen LogP contribution >= 0.6 is 0 Å². The van der Waals surface area contributed by atoms with E-state index in [0.29, 0.717) is 24.7 Å². The summed E-state index contributed by atoms with van der Waals surface area (Å²) in [6, 6.07) is 25.1. The molecule has 3 aromatic carbocycles. The minimum absolute atomic E-state index is 0.0346. The second-order valence-corrected chi connectivity index (χ2v) is 8.03. The molecule has 160 valence electrons. The smallest absolute Gasteiger partial charge is 0.229 e. The van der Waals surface area contributed by atoms with Crippen molar-refractivity contribution in [2.75, 3.05) is 18.4 Å². The number of fused-ring (bicyclic) bond motifs is 1. The van der Waals surface area contributed by atoms with Gasteiger partial charge in [0.05, 0.1) is 5.92 Å². The van der Waals surface area contributed by atoms with Gasteiger partial charge >= 0.3 is 0 Å². The number of carbonyl (C=O) groups is 2. The molecule has 4 aromatic rings. The Morgan fingerprint density at radius 1 is 1.00 bits per heavy atom. The molecule has 1 aromatic heterocycles. The molecular weight excluding hydrogens is 402 g/mol. The summed E-state index contributed by atoms with van der Waals surface area (Å²) in [6.45, 7) is 1.09. The SMILES string of the molecule is O=C(Nc1ccc(-c2nc3ccccc3o2)cc1)C1CC(=O)N(CCc2ccccc2)C1. The average Bonchev–Trinajstić information content (AvgIpc) is 3.42. The molecule has 1 fully saturated rings. The third-order valence-corrected chi connectivity index (χ3v) is 5.79. The topological polar surface area (TPSA) is 75.4 Å². The Labute approximate surface area is 185 Å². The van der Waals surface area contributed by atoms with E-state index in [-0.39, 0.29) is 24.2 Å². The van der Waals surface area contributed by atoms with Gasteiger partial charge in [-0.2, -0.15) is 0 Å². The maximum atomic E-state index is 12.7. The van der Waals surface area contributed by atoms with E-state index in [0.717, 1.165) is 23.1 Å². The number of para-hydroxylation sites is 2. The van der Waals surface area contributed by atoms with Crippen LogP contribution in [0.2, 0.25) is 0 Å². The molecule has 0 spiro atoms. The lowest BCUT2D eigenvalue weighted by Gasteiger charge is -2.16. The van der Waals surface area contributed by atoms with Crippen LogP contribution in [0, 0.1) is 5.92 Å². The lowest BCUT2D eigenvalue weighted by Crippen LogP contribution is -2.30. The summed E-state index contributed by atoms with van der Waals surface area (Å²) < 4.78 is 5.79. The zero-order chi connectivity index (χ0) is 21.9. The van der Waals surface area contributed by atoms with Gasteiger partial charge in [0, 0.05) is 30.8 Å². The molecule has 6 heteroatoms. The second-order valence-electron chi connectivity index (χ2n) is 8.03. The predicted molar refractivity (Wildman–Crippen MR) is 123 cm³/mol. The zero-order valence-electron chi connectivity index (χ0n) is 17.5. The fourth-order valence-electron chi connectivity index (χ4n) is 4.01. The molecule has 1 aliphatic heterocycles. The number of hydrogen-bond acceptors (Lipinski definition) is 4. The van der Waals surface area contributed by atoms with E-state index in [1.54, 1.807) is 4.90 Å². The van der Waals surface area contributed by atoms with Crippen LogP contribution < -0.4 is 5.32 Å². The number of benzene rings is 3. The molecule has 5 rings (SSSR count). The normalized spacial score (nSPS) is 15.9. The third kappa shape index (κ3) is 4.25. The van der Waals surface area contributed by atoms with Crippen molar-refractivity contribution in [3.63, 3.8) is 0 Å². The van der Waals surface area contributed by atoms with Crippen molar-refractivity contribution in [3.8, 4) is 11.5 Å². The molecule has 32 heavy (non-hydrogen) atoms. The number of amides is 2. The second kappa shape index (κ2) is 8.67. The molecule has 1 N–H and O–H groups in total. The average molecular weight is 425 g/mol. The summed E-state index contributed by atoms with van der Waals surface area (Å²) in [5, 5.41) is 2.94. The van der Waals surface area contributed by atoms with Gasteiger partial charge < -0.3 is 14.6 Å². The van der Waals surface area contributed by atoms with Crippen molar-refractivity contribution < 1.29 is 14.0 Å². The van der Waals surface area contributed by atoms with Gasteiger partial charge in [0.1, 0.15) is 5.52 Å². The van der Waals surface area contributed by atoms with Crippen molar-refractivity contribution in [3.05, 3.63) is 84.4 Å². The van der Waals surface area contributed by atoms with Crippen molar-refractivity contribution in [2.45, 2.75) is 12.8 Å². The summed E-state index contributed by atoms with van der Waals surface area (Å²) >= 11 is 0. The molecular formula is C26H23N3O3. The fourth-order valence-corrected chi connectivity index (χ4v) is 4.01. The summed E-state index contributed by atoms with van der Waals surface area (Å²) in [4.78, 5) is 31.4. The maximum absolute atomic E-state index is 12.7. The largest absolute Gasteiger partial charge is 0.436 e. The highest BCUT2D eigenvalue weighted by atomic mass is 16.3. The number of carbonyl (C=O) groups excluding carboxylic acids is 2. The highest BCUT2D eigenvalue weighted by molar-refractivity contribution is 5.97. The number of oxazole rings is 1. The van der Waals surface area contributed by atoms with Gasteiger partial charge in [-0.3, -0.25) is 9.59 Å². The monoisotopic (exact) mass is 425 g/mol. The van der Waals surface area contributed by atoms with E-state index in [1.807, 2.05) is 66.7 Å². The van der Waals surface area contributed by atoms with Gasteiger partial charge in [-0.15, -0.1) is 0 Å². The molecule has 2 amide bonds. The molecule has 0 aliphatic carbocycles. The quantitative estimate of drug-likeness (QED) is 0.493. The van der Waals surface area contributed by atoms with Crippen LogP contribution in [0.3, 0.4) is 0 Å². The lowest BCUT2D eigenvalue weighted by molar-refractivity contribution is -0.128. The van der Waals surface area contributed by atoms with E-state index >= 15 is 0 Å². The van der Waals surface area contributed by atoms with E-state index in [2.05, 4.69) is 22.4 Å². The predicted octanol–water partition coefficient (Wildman–Crippen LogP) is 4.52. The molecule has 0 bridgehead atoms. The van der Waals surface area contributed by atoms with Gasteiger partial charge in [-0.05, 0) is 48.4 Å². The van der Waals surface area contributed by atoms with E-state index in [4.69, 9.17) is 4.42 Å². The maximum Gasteiger partial charge on any atom is 0.229 e. The van der Waals surface area contributed by atoms with Crippen molar-refractivity contribution in [2.24, 2.45) is 5.92 Å². The first-order valence-corrected chi connectivity index (χ1v) is 10.7. The Morgan fingerprint density at radius 2 is 1.75 bits per heavy atom. The highest BCUT2D eigenvalue weighted by Gasteiger charge is 2.34. The van der Waals surface area contributed by atoms with Crippen molar-refractivity contribution in [1.29, 1.82) is 0 Å². The van der Waals surface area contributed by atoms with Gasteiger partial charge in [0.2, 0.25) is 17.7 Å². The van der Waals surface area contributed by atoms with E-state index < -0.39 is 0 Å². The van der Waals surface area contributed by atoms with E-state index in [9.17, 15) is 9.59 Å². The Kier molecular flexibility index (Phi) is 5.42. The van der Waals surface area contributed by atoms with Crippen LogP contribution in [0.15, 0.2) is 83.3 Å². The fraction of sp³-hybridized carbons (Fsp3) is 0.192. The number of aromatic nitrogens is 1. The number of likely N-dealkylation sites (tertiary alicyclic amines) is 1. The van der Waals surface area contributed by atoms with Crippen LogP contribution in [0.25, 0.3) is 22.6 Å². The standard InChI is InChI=1S/C26H23N3O3/c30-24-16-20(17-29(24)15-14-18-6-2-1-3-7-18)25(31)27-21-12-10-19(11-13-21)26-28-22-8-4-5-9-23(22)32-26/h1-13,20H,14-17H2,(H,27,31). The minimum atomic E-state index is -0.338. The number of anilines is 1. The Balaban J connectivity index is 1.19. The molecule has 1 aliphatic rings. The molecule has 1 saturated heterocycles. The van der Waals surface area contributed by atoms with Crippen LogP contribution in [0.4, 0.5) is 5.69 Å². The number of rotatable bonds is 6. The number of nitrogens with one attached hydrogen (secondary N) is 1. The Morgan fingerprint density at radius 3 is 2.53 bits per heavy atom. The summed E-state index contributed by atoms with van der Waals surface area (Å²) in [6.07, 6.45) is 1.04.